The van der Waals surface area contributed by atoms with E-state index in [1.165, 1.54) is 16.2 Å². The molecular formula is C20H27N5OS. The van der Waals surface area contributed by atoms with Gasteiger partial charge >= 0.3 is 0 Å². The van der Waals surface area contributed by atoms with Gasteiger partial charge in [-0.05, 0) is 40.0 Å². The number of nitrogens with zero attached hydrogens (tertiary/aromatic N) is 5. The van der Waals surface area contributed by atoms with Gasteiger partial charge in [0.1, 0.15) is 16.5 Å². The summed E-state index contributed by atoms with van der Waals surface area (Å²) in [6.45, 7) is 8.71. The molecule has 4 rings (SSSR count). The summed E-state index contributed by atoms with van der Waals surface area (Å²) in [5.41, 5.74) is 2.42. The predicted octanol–water partition coefficient (Wildman–Crippen LogP) is 3.70. The van der Waals surface area contributed by atoms with E-state index in [1.807, 2.05) is 19.3 Å². The van der Waals surface area contributed by atoms with Crippen molar-refractivity contribution in [2.45, 2.75) is 58.9 Å². The van der Waals surface area contributed by atoms with Crippen LogP contribution in [0.3, 0.4) is 0 Å². The van der Waals surface area contributed by atoms with Crippen molar-refractivity contribution >= 4 is 22.1 Å². The summed E-state index contributed by atoms with van der Waals surface area (Å²) in [5, 5.41) is 2.19. The SMILES string of the molecule is Cc1nccn1CCCC(=O)N1CCC[C@H](c2nc(C)n3c(C)csc23)C1. The lowest BCUT2D eigenvalue weighted by Gasteiger charge is -2.32. The highest BCUT2D eigenvalue weighted by Gasteiger charge is 2.28. The molecule has 6 nitrogen and oxygen atoms in total. The number of carbonyl (C=O) groups excluding carboxylic acids is 1. The third-order valence-corrected chi connectivity index (χ3v) is 6.67. The van der Waals surface area contributed by atoms with Gasteiger partial charge in [-0.3, -0.25) is 9.20 Å². The van der Waals surface area contributed by atoms with E-state index < -0.39 is 0 Å². The zero-order valence-corrected chi connectivity index (χ0v) is 17.1. The van der Waals surface area contributed by atoms with Crippen LogP contribution in [0.15, 0.2) is 17.8 Å². The third kappa shape index (κ3) is 3.52. The van der Waals surface area contributed by atoms with Crippen molar-refractivity contribution in [3.8, 4) is 0 Å². The number of aryl methyl sites for hydroxylation is 4. The van der Waals surface area contributed by atoms with Gasteiger partial charge in [-0.2, -0.15) is 0 Å². The smallest absolute Gasteiger partial charge is 0.222 e. The molecule has 1 saturated heterocycles. The maximum absolute atomic E-state index is 12.7. The molecule has 1 fully saturated rings. The Morgan fingerprint density at radius 2 is 2.15 bits per heavy atom. The van der Waals surface area contributed by atoms with Crippen LogP contribution in [-0.4, -0.2) is 42.8 Å². The van der Waals surface area contributed by atoms with Crippen molar-refractivity contribution in [1.82, 2.24) is 23.8 Å². The lowest BCUT2D eigenvalue weighted by atomic mass is 9.95. The van der Waals surface area contributed by atoms with Gasteiger partial charge in [0.05, 0.1) is 5.69 Å². The largest absolute Gasteiger partial charge is 0.342 e. The van der Waals surface area contributed by atoms with Crippen LogP contribution < -0.4 is 0 Å². The Kier molecular flexibility index (Phi) is 5.04. The van der Waals surface area contributed by atoms with E-state index in [9.17, 15) is 4.79 Å². The molecule has 0 unspecified atom stereocenters. The summed E-state index contributed by atoms with van der Waals surface area (Å²) in [5.74, 6) is 2.68. The van der Waals surface area contributed by atoms with Crippen molar-refractivity contribution in [2.75, 3.05) is 13.1 Å². The molecule has 1 atom stereocenters. The minimum atomic E-state index is 0.270. The molecule has 27 heavy (non-hydrogen) atoms. The van der Waals surface area contributed by atoms with E-state index in [1.54, 1.807) is 11.3 Å². The maximum Gasteiger partial charge on any atom is 0.222 e. The molecule has 0 spiro atoms. The Morgan fingerprint density at radius 1 is 1.30 bits per heavy atom. The second-order valence-electron chi connectivity index (χ2n) is 7.51. The Balaban J connectivity index is 1.40. The molecule has 0 aromatic carbocycles. The highest BCUT2D eigenvalue weighted by Crippen LogP contribution is 2.33. The van der Waals surface area contributed by atoms with Crippen molar-refractivity contribution < 1.29 is 4.79 Å². The second kappa shape index (κ2) is 7.46. The average Bonchev–Trinajstić information content (AvgIpc) is 3.34. The van der Waals surface area contributed by atoms with E-state index in [0.717, 1.165) is 50.5 Å². The molecular weight excluding hydrogens is 358 g/mol. The van der Waals surface area contributed by atoms with Gasteiger partial charge in [-0.1, -0.05) is 0 Å². The van der Waals surface area contributed by atoms with Gasteiger partial charge in [0, 0.05) is 55.4 Å². The minimum Gasteiger partial charge on any atom is -0.342 e. The van der Waals surface area contributed by atoms with Crippen molar-refractivity contribution in [3.63, 3.8) is 0 Å². The number of thiazole rings is 1. The van der Waals surface area contributed by atoms with Gasteiger partial charge in [0.25, 0.3) is 0 Å². The number of likely N-dealkylation sites (tertiary alicyclic amines) is 1. The van der Waals surface area contributed by atoms with E-state index in [2.05, 4.69) is 38.1 Å². The highest BCUT2D eigenvalue weighted by atomic mass is 32.1. The van der Waals surface area contributed by atoms with Crippen molar-refractivity contribution in [3.05, 3.63) is 40.8 Å². The van der Waals surface area contributed by atoms with Crippen LogP contribution in [0.2, 0.25) is 0 Å². The number of rotatable bonds is 5. The summed E-state index contributed by atoms with van der Waals surface area (Å²) >= 11 is 1.77. The van der Waals surface area contributed by atoms with Crippen LogP contribution in [-0.2, 0) is 11.3 Å². The van der Waals surface area contributed by atoms with Gasteiger partial charge in [0.2, 0.25) is 5.91 Å². The quantitative estimate of drug-likeness (QED) is 0.673. The van der Waals surface area contributed by atoms with E-state index >= 15 is 0 Å². The molecule has 0 aliphatic carbocycles. The summed E-state index contributed by atoms with van der Waals surface area (Å²) in [6.07, 6.45) is 7.41. The number of imidazole rings is 2. The summed E-state index contributed by atoms with van der Waals surface area (Å²) < 4.78 is 4.35. The van der Waals surface area contributed by atoms with Crippen molar-refractivity contribution in [2.24, 2.45) is 0 Å². The topological polar surface area (TPSA) is 55.4 Å². The predicted molar refractivity (Wildman–Crippen MR) is 107 cm³/mol. The first kappa shape index (κ1) is 18.2. The first-order valence-corrected chi connectivity index (χ1v) is 10.6. The number of hydrogen-bond acceptors (Lipinski definition) is 4. The molecule has 1 aliphatic rings. The fourth-order valence-electron chi connectivity index (χ4n) is 4.15. The molecule has 0 bridgehead atoms. The van der Waals surface area contributed by atoms with Crippen LogP contribution in [0, 0.1) is 20.8 Å². The summed E-state index contributed by atoms with van der Waals surface area (Å²) in [6, 6.07) is 0. The number of piperidine rings is 1. The third-order valence-electron chi connectivity index (χ3n) is 5.60. The average molecular weight is 386 g/mol. The number of hydrogen-bond donors (Lipinski definition) is 0. The number of fused-ring (bicyclic) bond motifs is 1. The Hall–Kier alpha value is -2.15. The van der Waals surface area contributed by atoms with Crippen LogP contribution in [0.25, 0.3) is 4.83 Å². The minimum absolute atomic E-state index is 0.270. The molecule has 3 aromatic heterocycles. The highest BCUT2D eigenvalue weighted by molar-refractivity contribution is 7.15. The normalized spacial score (nSPS) is 17.7. The first-order chi connectivity index (χ1) is 13.0. The molecule has 7 heteroatoms. The summed E-state index contributed by atoms with van der Waals surface area (Å²) in [4.78, 5) is 25.1. The summed E-state index contributed by atoms with van der Waals surface area (Å²) in [7, 11) is 0. The van der Waals surface area contributed by atoms with Gasteiger partial charge in [0.15, 0.2) is 0 Å². The van der Waals surface area contributed by atoms with Crippen LogP contribution in [0.5, 0.6) is 0 Å². The fourth-order valence-corrected chi connectivity index (χ4v) is 5.25. The van der Waals surface area contributed by atoms with Gasteiger partial charge in [-0.15, -0.1) is 11.3 Å². The fraction of sp³-hybridized carbons (Fsp3) is 0.550. The van der Waals surface area contributed by atoms with Gasteiger partial charge < -0.3 is 9.47 Å². The molecule has 3 aromatic rings. The molecule has 144 valence electrons. The molecule has 0 N–H and O–H groups in total. The van der Waals surface area contributed by atoms with Crippen LogP contribution in [0.1, 0.15) is 54.6 Å². The van der Waals surface area contributed by atoms with Crippen LogP contribution >= 0.6 is 11.3 Å². The maximum atomic E-state index is 12.7. The first-order valence-electron chi connectivity index (χ1n) is 9.73. The van der Waals surface area contributed by atoms with Gasteiger partial charge in [-0.25, -0.2) is 9.97 Å². The number of aromatic nitrogens is 4. The Bertz CT molecular complexity index is 953. The number of carbonyl (C=O) groups is 1. The zero-order valence-electron chi connectivity index (χ0n) is 16.3. The monoisotopic (exact) mass is 385 g/mol. The second-order valence-corrected chi connectivity index (χ2v) is 8.37. The molecule has 1 aliphatic heterocycles. The van der Waals surface area contributed by atoms with E-state index in [-0.39, 0.29) is 5.91 Å². The van der Waals surface area contributed by atoms with Crippen LogP contribution in [0.4, 0.5) is 0 Å². The van der Waals surface area contributed by atoms with E-state index in [0.29, 0.717) is 12.3 Å². The van der Waals surface area contributed by atoms with Crippen molar-refractivity contribution in [1.29, 1.82) is 0 Å². The molecule has 0 radical (unpaired) electrons. The lowest BCUT2D eigenvalue weighted by molar-refractivity contribution is -0.132. The lowest BCUT2D eigenvalue weighted by Crippen LogP contribution is -2.39. The standard InChI is InChI=1S/C20H27N5OS/c1-14-13-27-20-19(22-16(3)25(14)20)17-6-4-10-24(12-17)18(26)7-5-9-23-11-8-21-15(23)2/h8,11,13,17H,4-7,9-10,12H2,1-3H3/t17-/m0/s1. The van der Waals surface area contributed by atoms with E-state index in [4.69, 9.17) is 4.98 Å². The molecule has 4 heterocycles. The Labute approximate surface area is 163 Å². The zero-order chi connectivity index (χ0) is 19.0. The molecule has 0 saturated carbocycles. The molecule has 1 amide bonds. The Morgan fingerprint density at radius 3 is 2.93 bits per heavy atom. The number of amides is 1.